The Kier molecular flexibility index (Phi) is 5.06. The second-order valence-corrected chi connectivity index (χ2v) is 8.20. The molecule has 0 aliphatic carbocycles. The smallest absolute Gasteiger partial charge is 0.256 e. The first-order valence-corrected chi connectivity index (χ1v) is 9.81. The number of aromatic nitrogens is 4. The Morgan fingerprint density at radius 1 is 1.06 bits per heavy atom. The predicted molar refractivity (Wildman–Crippen MR) is 119 cm³/mol. The zero-order valence-electron chi connectivity index (χ0n) is 17.8. The summed E-state index contributed by atoms with van der Waals surface area (Å²) < 4.78 is 6.57. The topological polar surface area (TPSA) is 101 Å². The van der Waals surface area contributed by atoms with Crippen molar-refractivity contribution in [2.75, 3.05) is 12.4 Å². The molecule has 8 nitrogen and oxygen atoms in total. The van der Waals surface area contributed by atoms with Crippen LogP contribution in [0.2, 0.25) is 0 Å². The third-order valence-electron chi connectivity index (χ3n) is 4.94. The van der Waals surface area contributed by atoms with Crippen LogP contribution >= 0.6 is 0 Å². The van der Waals surface area contributed by atoms with Gasteiger partial charge in [-0.1, -0.05) is 32.9 Å². The van der Waals surface area contributed by atoms with Gasteiger partial charge in [-0.05, 0) is 47.4 Å². The number of methoxy groups -OCH3 is 1. The summed E-state index contributed by atoms with van der Waals surface area (Å²) in [5.74, 6) is 1.25. The fraction of sp³-hybridized carbons (Fsp3) is 0.217. The highest BCUT2D eigenvalue weighted by Crippen LogP contribution is 2.23. The summed E-state index contributed by atoms with van der Waals surface area (Å²) >= 11 is 0. The molecular weight excluding hydrogens is 394 g/mol. The number of rotatable bonds is 4. The lowest BCUT2D eigenvalue weighted by Crippen LogP contribution is -2.19. The van der Waals surface area contributed by atoms with Gasteiger partial charge in [0.05, 0.1) is 7.11 Å². The fourth-order valence-corrected chi connectivity index (χ4v) is 3.15. The summed E-state index contributed by atoms with van der Waals surface area (Å²) in [6.45, 7) is 6.33. The van der Waals surface area contributed by atoms with Crippen LogP contribution < -0.4 is 15.6 Å². The number of hydrogen-bond acceptors (Lipinski definition) is 5. The Balaban J connectivity index is 1.66. The van der Waals surface area contributed by atoms with Crippen molar-refractivity contribution in [2.45, 2.75) is 26.2 Å². The van der Waals surface area contributed by atoms with E-state index >= 15 is 0 Å². The number of amides is 1. The summed E-state index contributed by atoms with van der Waals surface area (Å²) in [5, 5.41) is 7.22. The lowest BCUT2D eigenvalue weighted by atomic mass is 9.87. The van der Waals surface area contributed by atoms with Gasteiger partial charge in [0.25, 0.3) is 11.5 Å². The molecule has 0 unspecified atom stereocenters. The largest absolute Gasteiger partial charge is 0.497 e. The molecule has 2 aromatic carbocycles. The van der Waals surface area contributed by atoms with E-state index in [4.69, 9.17) is 4.74 Å². The molecule has 0 saturated carbocycles. The van der Waals surface area contributed by atoms with Gasteiger partial charge in [0.2, 0.25) is 5.78 Å². The van der Waals surface area contributed by atoms with Gasteiger partial charge in [0.1, 0.15) is 11.6 Å². The Morgan fingerprint density at radius 2 is 1.74 bits per heavy atom. The molecule has 1 amide bonds. The Morgan fingerprint density at radius 3 is 2.35 bits per heavy atom. The minimum Gasteiger partial charge on any atom is -0.497 e. The molecule has 8 heteroatoms. The van der Waals surface area contributed by atoms with Gasteiger partial charge < -0.3 is 10.1 Å². The highest BCUT2D eigenvalue weighted by atomic mass is 16.5. The molecule has 158 valence electrons. The van der Waals surface area contributed by atoms with Gasteiger partial charge in [-0.3, -0.25) is 14.6 Å². The maximum Gasteiger partial charge on any atom is 0.256 e. The molecule has 4 aromatic rings. The van der Waals surface area contributed by atoms with Crippen LogP contribution in [0.25, 0.3) is 17.2 Å². The highest BCUT2D eigenvalue weighted by Gasteiger charge is 2.16. The van der Waals surface area contributed by atoms with Gasteiger partial charge in [-0.15, -0.1) is 5.10 Å². The van der Waals surface area contributed by atoms with Gasteiger partial charge in [-0.2, -0.15) is 9.50 Å². The third-order valence-corrected chi connectivity index (χ3v) is 4.94. The normalized spacial score (nSPS) is 11.5. The summed E-state index contributed by atoms with van der Waals surface area (Å²) in [6, 6.07) is 15.9. The van der Waals surface area contributed by atoms with Crippen LogP contribution in [0.5, 0.6) is 5.75 Å². The molecule has 0 spiro atoms. The molecule has 0 bridgehead atoms. The summed E-state index contributed by atoms with van der Waals surface area (Å²) in [6.07, 6.45) is 0. The average Bonchev–Trinajstić information content (AvgIpc) is 3.17. The molecule has 0 aliphatic rings. The van der Waals surface area contributed by atoms with E-state index in [0.717, 1.165) is 11.1 Å². The van der Waals surface area contributed by atoms with E-state index in [0.29, 0.717) is 17.1 Å². The maximum atomic E-state index is 12.8. The fourth-order valence-electron chi connectivity index (χ4n) is 3.15. The molecular formula is C23H23N5O3. The predicted octanol–water partition coefficient (Wildman–Crippen LogP) is 3.64. The number of fused-ring (bicyclic) bond motifs is 1. The standard InChI is InChI=1S/C23H23N5O3/c1-23(2,3)16-9-5-15(6-10-16)21(30)24-18-13-19(29)25-22-26-20(27-28(18)22)14-7-11-17(31-4)12-8-14/h5-13H,1-4H3,(H,24,30)(H,25,26,27,29). The van der Waals surface area contributed by atoms with Crippen molar-refractivity contribution >= 4 is 17.5 Å². The molecule has 0 fully saturated rings. The van der Waals surface area contributed by atoms with E-state index < -0.39 is 0 Å². The Hall–Kier alpha value is -3.94. The molecule has 0 aliphatic heterocycles. The van der Waals surface area contributed by atoms with Crippen molar-refractivity contribution in [1.29, 1.82) is 0 Å². The third kappa shape index (κ3) is 4.18. The SMILES string of the molecule is COc1ccc(-c2nc3[nH]c(=O)cc(NC(=O)c4ccc(C(C)(C)C)cc4)n3n2)cc1. The van der Waals surface area contributed by atoms with E-state index in [1.807, 2.05) is 24.3 Å². The number of aromatic amines is 1. The second-order valence-electron chi connectivity index (χ2n) is 8.20. The number of nitrogens with zero attached hydrogens (tertiary/aromatic N) is 3. The number of benzene rings is 2. The number of hydrogen-bond donors (Lipinski definition) is 2. The van der Waals surface area contributed by atoms with E-state index in [2.05, 4.69) is 41.2 Å². The van der Waals surface area contributed by atoms with Crippen LogP contribution in [0.3, 0.4) is 0 Å². The zero-order valence-corrected chi connectivity index (χ0v) is 17.8. The lowest BCUT2D eigenvalue weighted by Gasteiger charge is -2.19. The summed E-state index contributed by atoms with van der Waals surface area (Å²) in [5.41, 5.74) is 1.96. The monoisotopic (exact) mass is 417 g/mol. The van der Waals surface area contributed by atoms with Gasteiger partial charge in [0.15, 0.2) is 5.82 Å². The first-order valence-electron chi connectivity index (χ1n) is 9.81. The van der Waals surface area contributed by atoms with Crippen LogP contribution in [0, 0.1) is 0 Å². The van der Waals surface area contributed by atoms with E-state index in [-0.39, 0.29) is 28.5 Å². The highest BCUT2D eigenvalue weighted by molar-refractivity contribution is 6.03. The molecule has 4 rings (SSSR count). The van der Waals surface area contributed by atoms with Crippen LogP contribution in [-0.2, 0) is 5.41 Å². The van der Waals surface area contributed by atoms with Crippen molar-refractivity contribution < 1.29 is 9.53 Å². The Bertz CT molecular complexity index is 1300. The van der Waals surface area contributed by atoms with Crippen LogP contribution in [0.4, 0.5) is 5.82 Å². The molecule has 0 saturated heterocycles. The first kappa shape index (κ1) is 20.3. The van der Waals surface area contributed by atoms with Crippen LogP contribution in [0.1, 0.15) is 36.7 Å². The van der Waals surface area contributed by atoms with Crippen molar-refractivity contribution in [1.82, 2.24) is 19.6 Å². The van der Waals surface area contributed by atoms with E-state index in [9.17, 15) is 9.59 Å². The van der Waals surface area contributed by atoms with Gasteiger partial charge >= 0.3 is 0 Å². The molecule has 2 aromatic heterocycles. The van der Waals surface area contributed by atoms with Gasteiger partial charge in [-0.25, -0.2) is 0 Å². The van der Waals surface area contributed by atoms with E-state index in [1.165, 1.54) is 10.6 Å². The molecule has 31 heavy (non-hydrogen) atoms. The number of anilines is 1. The molecule has 2 heterocycles. The van der Waals surface area contributed by atoms with Crippen molar-refractivity contribution in [3.8, 4) is 17.1 Å². The number of ether oxygens (including phenoxy) is 1. The maximum absolute atomic E-state index is 12.8. The lowest BCUT2D eigenvalue weighted by molar-refractivity contribution is 0.102. The molecule has 0 radical (unpaired) electrons. The molecule has 0 atom stereocenters. The Labute approximate surface area is 178 Å². The summed E-state index contributed by atoms with van der Waals surface area (Å²) in [4.78, 5) is 31.9. The number of H-pyrrole nitrogens is 1. The van der Waals surface area contributed by atoms with Gasteiger partial charge in [0, 0.05) is 17.2 Å². The van der Waals surface area contributed by atoms with Crippen molar-refractivity contribution in [2.24, 2.45) is 0 Å². The number of nitrogens with one attached hydrogen (secondary N) is 2. The van der Waals surface area contributed by atoms with E-state index in [1.54, 1.807) is 31.4 Å². The van der Waals surface area contributed by atoms with Crippen molar-refractivity contribution in [3.05, 3.63) is 76.1 Å². The van der Waals surface area contributed by atoms with Crippen LogP contribution in [0.15, 0.2) is 59.4 Å². The second kappa shape index (κ2) is 7.71. The quantitative estimate of drug-likeness (QED) is 0.528. The number of carbonyl (C=O) groups is 1. The first-order chi connectivity index (χ1) is 14.7. The minimum absolute atomic E-state index is 0.00746. The molecule has 2 N–H and O–H groups in total. The average molecular weight is 417 g/mol. The minimum atomic E-state index is -0.389. The summed E-state index contributed by atoms with van der Waals surface area (Å²) in [7, 11) is 1.59. The van der Waals surface area contributed by atoms with Crippen LogP contribution in [-0.4, -0.2) is 32.6 Å². The van der Waals surface area contributed by atoms with Crippen molar-refractivity contribution in [3.63, 3.8) is 0 Å². The number of carbonyl (C=O) groups excluding carboxylic acids is 1. The zero-order chi connectivity index (χ0) is 22.2.